The number of hydrogen-bond donors (Lipinski definition) is 1. The van der Waals surface area contributed by atoms with Crippen molar-refractivity contribution in [2.24, 2.45) is 0 Å². The maximum absolute atomic E-state index is 6.07. The second-order valence-electron chi connectivity index (χ2n) is 4.18. The van der Waals surface area contributed by atoms with E-state index < -0.39 is 0 Å². The van der Waals surface area contributed by atoms with E-state index in [1.165, 1.54) is 11.1 Å². The summed E-state index contributed by atoms with van der Waals surface area (Å²) in [6.07, 6.45) is 2.14. The van der Waals surface area contributed by atoms with Crippen LogP contribution >= 0.6 is 38.9 Å². The maximum Gasteiger partial charge on any atom is 0.0410 e. The van der Waals surface area contributed by atoms with E-state index in [2.05, 4.69) is 38.1 Å². The highest BCUT2D eigenvalue weighted by Gasteiger charge is 2.13. The van der Waals surface area contributed by atoms with Crippen molar-refractivity contribution >= 4 is 38.9 Å². The van der Waals surface area contributed by atoms with Crippen LogP contribution in [0.2, 0.25) is 5.02 Å². The first-order valence-electron chi connectivity index (χ1n) is 5.84. The van der Waals surface area contributed by atoms with Crippen molar-refractivity contribution in [2.45, 2.75) is 18.9 Å². The van der Waals surface area contributed by atoms with Gasteiger partial charge in [-0.2, -0.15) is 11.3 Å². The lowest BCUT2D eigenvalue weighted by Crippen LogP contribution is -2.17. The van der Waals surface area contributed by atoms with Crippen LogP contribution in [0.3, 0.4) is 0 Å². The normalized spacial score (nSPS) is 12.6. The Morgan fingerprint density at radius 2 is 2.22 bits per heavy atom. The Kier molecular flexibility index (Phi) is 5.25. The molecule has 2 aromatic rings. The lowest BCUT2D eigenvalue weighted by molar-refractivity contribution is 0.548. The van der Waals surface area contributed by atoms with Gasteiger partial charge < -0.3 is 5.32 Å². The molecule has 0 aliphatic rings. The summed E-state index contributed by atoms with van der Waals surface area (Å²) in [6, 6.07) is 8.44. The highest BCUT2D eigenvalue weighted by Crippen LogP contribution is 2.29. The molecule has 18 heavy (non-hydrogen) atoms. The Morgan fingerprint density at radius 3 is 2.89 bits per heavy atom. The van der Waals surface area contributed by atoms with Crippen molar-refractivity contribution in [1.82, 2.24) is 5.32 Å². The number of thiophene rings is 1. The topological polar surface area (TPSA) is 12.0 Å². The third-order valence-corrected chi connectivity index (χ3v) is 4.67. The maximum atomic E-state index is 6.07. The molecule has 0 bridgehead atoms. The smallest absolute Gasteiger partial charge is 0.0410 e. The fraction of sp³-hybridized carbons (Fsp3) is 0.286. The quantitative estimate of drug-likeness (QED) is 0.799. The zero-order valence-corrected chi connectivity index (χ0v) is 13.3. The van der Waals surface area contributed by atoms with E-state index in [0.29, 0.717) is 6.04 Å². The lowest BCUT2D eigenvalue weighted by atomic mass is 10.0. The number of rotatable bonds is 5. The molecule has 1 aromatic carbocycles. The zero-order valence-electron chi connectivity index (χ0n) is 10.1. The van der Waals surface area contributed by atoms with E-state index >= 15 is 0 Å². The van der Waals surface area contributed by atoms with Crippen LogP contribution in [0.1, 0.15) is 23.6 Å². The molecule has 0 saturated heterocycles. The second kappa shape index (κ2) is 6.71. The van der Waals surface area contributed by atoms with Crippen molar-refractivity contribution in [3.05, 3.63) is 55.6 Å². The molecule has 0 saturated carbocycles. The molecule has 1 unspecified atom stereocenters. The Hall–Kier alpha value is -0.350. The molecular formula is C14H15BrClNS. The standard InChI is InChI=1S/C14H15BrClNS/c1-17-14(5-2-10-6-7-18-9-10)12-8-11(16)3-4-13(12)15/h3-4,6-9,14,17H,2,5H2,1H3. The summed E-state index contributed by atoms with van der Waals surface area (Å²) in [5, 5.41) is 8.48. The van der Waals surface area contributed by atoms with Gasteiger partial charge in [0.25, 0.3) is 0 Å². The van der Waals surface area contributed by atoms with Gasteiger partial charge in [0.1, 0.15) is 0 Å². The third-order valence-electron chi connectivity index (χ3n) is 2.98. The number of halogens is 2. The highest BCUT2D eigenvalue weighted by molar-refractivity contribution is 9.10. The van der Waals surface area contributed by atoms with E-state index in [1.54, 1.807) is 11.3 Å². The fourth-order valence-electron chi connectivity index (χ4n) is 1.98. The van der Waals surface area contributed by atoms with Crippen molar-refractivity contribution in [3.63, 3.8) is 0 Å². The molecule has 0 aliphatic heterocycles. The highest BCUT2D eigenvalue weighted by atomic mass is 79.9. The van der Waals surface area contributed by atoms with Crippen molar-refractivity contribution < 1.29 is 0 Å². The molecule has 1 heterocycles. The van der Waals surface area contributed by atoms with Gasteiger partial charge in [-0.25, -0.2) is 0 Å². The number of aryl methyl sites for hydroxylation is 1. The van der Waals surface area contributed by atoms with Crippen LogP contribution in [0.4, 0.5) is 0 Å². The monoisotopic (exact) mass is 343 g/mol. The zero-order chi connectivity index (χ0) is 13.0. The molecule has 1 atom stereocenters. The van der Waals surface area contributed by atoms with Gasteiger partial charge in [0, 0.05) is 15.5 Å². The molecule has 1 aromatic heterocycles. The molecule has 0 fully saturated rings. The molecule has 0 spiro atoms. The second-order valence-corrected chi connectivity index (χ2v) is 6.25. The molecule has 4 heteroatoms. The van der Waals surface area contributed by atoms with Gasteiger partial charge >= 0.3 is 0 Å². The first-order chi connectivity index (χ1) is 8.70. The molecule has 0 aliphatic carbocycles. The average Bonchev–Trinajstić information content (AvgIpc) is 2.87. The first kappa shape index (κ1) is 14.1. The molecule has 2 rings (SSSR count). The average molecular weight is 345 g/mol. The van der Waals surface area contributed by atoms with Crippen LogP contribution in [-0.4, -0.2) is 7.05 Å². The van der Waals surface area contributed by atoms with Gasteiger partial charge in [-0.3, -0.25) is 0 Å². The van der Waals surface area contributed by atoms with E-state index in [4.69, 9.17) is 11.6 Å². The molecule has 0 amide bonds. The number of benzene rings is 1. The summed E-state index contributed by atoms with van der Waals surface area (Å²) in [7, 11) is 1.99. The SMILES string of the molecule is CNC(CCc1ccsc1)c1cc(Cl)ccc1Br. The Morgan fingerprint density at radius 1 is 1.39 bits per heavy atom. The number of nitrogens with one attached hydrogen (secondary N) is 1. The van der Waals surface area contributed by atoms with Gasteiger partial charge in [-0.15, -0.1) is 0 Å². The van der Waals surface area contributed by atoms with Gasteiger partial charge in [-0.1, -0.05) is 27.5 Å². The largest absolute Gasteiger partial charge is 0.313 e. The molecule has 0 radical (unpaired) electrons. The Bertz CT molecular complexity index is 499. The minimum Gasteiger partial charge on any atom is -0.313 e. The van der Waals surface area contributed by atoms with Crippen LogP contribution in [-0.2, 0) is 6.42 Å². The summed E-state index contributed by atoms with van der Waals surface area (Å²) >= 11 is 11.4. The fourth-order valence-corrected chi connectivity index (χ4v) is 3.39. The minimum atomic E-state index is 0.318. The van der Waals surface area contributed by atoms with Gasteiger partial charge in [0.15, 0.2) is 0 Å². The van der Waals surface area contributed by atoms with Gasteiger partial charge in [0.2, 0.25) is 0 Å². The van der Waals surface area contributed by atoms with Crippen molar-refractivity contribution in [1.29, 1.82) is 0 Å². The van der Waals surface area contributed by atoms with E-state index in [1.807, 2.05) is 25.2 Å². The van der Waals surface area contributed by atoms with Crippen LogP contribution in [0.15, 0.2) is 39.5 Å². The van der Waals surface area contributed by atoms with E-state index in [-0.39, 0.29) is 0 Å². The predicted molar refractivity (Wildman–Crippen MR) is 83.6 cm³/mol. The summed E-state index contributed by atoms with van der Waals surface area (Å²) in [4.78, 5) is 0. The summed E-state index contributed by atoms with van der Waals surface area (Å²) < 4.78 is 1.11. The van der Waals surface area contributed by atoms with Gasteiger partial charge in [-0.05, 0) is 66.0 Å². The summed E-state index contributed by atoms with van der Waals surface area (Å²) in [6.45, 7) is 0. The molecule has 1 N–H and O–H groups in total. The van der Waals surface area contributed by atoms with Crippen molar-refractivity contribution in [2.75, 3.05) is 7.05 Å². The molecule has 96 valence electrons. The predicted octanol–water partition coefficient (Wildman–Crippen LogP) is 5.06. The van der Waals surface area contributed by atoms with E-state index in [9.17, 15) is 0 Å². The third kappa shape index (κ3) is 3.58. The Balaban J connectivity index is 2.10. The van der Waals surface area contributed by atoms with E-state index in [0.717, 1.165) is 22.3 Å². The minimum absolute atomic E-state index is 0.318. The van der Waals surface area contributed by atoms with Crippen LogP contribution < -0.4 is 5.32 Å². The first-order valence-corrected chi connectivity index (χ1v) is 7.95. The summed E-state index contributed by atoms with van der Waals surface area (Å²) in [5.41, 5.74) is 2.62. The van der Waals surface area contributed by atoms with Crippen LogP contribution in [0.25, 0.3) is 0 Å². The molecular weight excluding hydrogens is 330 g/mol. The van der Waals surface area contributed by atoms with Gasteiger partial charge in [0.05, 0.1) is 0 Å². The molecule has 1 nitrogen and oxygen atoms in total. The van der Waals surface area contributed by atoms with Crippen LogP contribution in [0, 0.1) is 0 Å². The van der Waals surface area contributed by atoms with Crippen molar-refractivity contribution in [3.8, 4) is 0 Å². The number of hydrogen-bond acceptors (Lipinski definition) is 2. The Labute approximate surface area is 125 Å². The van der Waals surface area contributed by atoms with Crippen LogP contribution in [0.5, 0.6) is 0 Å². The summed E-state index contributed by atoms with van der Waals surface area (Å²) in [5.74, 6) is 0. The lowest BCUT2D eigenvalue weighted by Gasteiger charge is -2.18.